The van der Waals surface area contributed by atoms with Gasteiger partial charge >= 0.3 is 0 Å². The fraction of sp³-hybridized carbons (Fsp3) is 0.462. The summed E-state index contributed by atoms with van der Waals surface area (Å²) in [6, 6.07) is 12.6. The number of nitrogens with one attached hydrogen (secondary N) is 2. The number of anilines is 1. The van der Waals surface area contributed by atoms with E-state index in [1.54, 1.807) is 17.0 Å². The molecule has 1 aliphatic carbocycles. The summed E-state index contributed by atoms with van der Waals surface area (Å²) in [5.74, 6) is -0.395. The Labute approximate surface area is 204 Å². The van der Waals surface area contributed by atoms with Crippen molar-refractivity contribution < 1.29 is 14.0 Å². The van der Waals surface area contributed by atoms with Crippen molar-refractivity contribution in [3.8, 4) is 0 Å². The molecule has 2 N–H and O–H groups in total. The van der Waals surface area contributed by atoms with Gasteiger partial charge in [-0.25, -0.2) is 9.82 Å². The summed E-state index contributed by atoms with van der Waals surface area (Å²) >= 11 is 6.32. The molecule has 2 aliphatic heterocycles. The van der Waals surface area contributed by atoms with Crippen molar-refractivity contribution in [2.45, 2.75) is 38.1 Å². The van der Waals surface area contributed by atoms with Crippen LogP contribution in [0.25, 0.3) is 0 Å². The Kier molecular flexibility index (Phi) is 6.75. The average Bonchev–Trinajstić information content (AvgIpc) is 2.87. The van der Waals surface area contributed by atoms with E-state index in [9.17, 15) is 14.0 Å². The normalized spacial score (nSPS) is 25.0. The molecule has 3 atom stereocenters. The smallest absolute Gasteiger partial charge is 0.256 e. The van der Waals surface area contributed by atoms with Crippen LogP contribution in [0.1, 0.15) is 41.6 Å². The number of hydrazine groups is 1. The van der Waals surface area contributed by atoms with Gasteiger partial charge in [-0.2, -0.15) is 0 Å². The maximum atomic E-state index is 14.7. The third-order valence-electron chi connectivity index (χ3n) is 7.53. The van der Waals surface area contributed by atoms with Crippen LogP contribution in [0.5, 0.6) is 0 Å². The molecule has 2 aromatic carbocycles. The minimum atomic E-state index is -0.497. The van der Waals surface area contributed by atoms with E-state index in [4.69, 9.17) is 11.6 Å². The average molecular weight is 485 g/mol. The van der Waals surface area contributed by atoms with E-state index < -0.39 is 5.82 Å². The van der Waals surface area contributed by atoms with Gasteiger partial charge in [0, 0.05) is 38.1 Å². The zero-order chi connectivity index (χ0) is 23.7. The number of benzene rings is 2. The van der Waals surface area contributed by atoms with Gasteiger partial charge in [0.05, 0.1) is 16.3 Å². The Morgan fingerprint density at radius 3 is 2.62 bits per heavy atom. The van der Waals surface area contributed by atoms with Crippen LogP contribution >= 0.6 is 11.6 Å². The van der Waals surface area contributed by atoms with Gasteiger partial charge in [0.15, 0.2) is 0 Å². The van der Waals surface area contributed by atoms with Gasteiger partial charge < -0.3 is 9.80 Å². The predicted octanol–water partition coefficient (Wildman–Crippen LogP) is 3.79. The zero-order valence-corrected chi connectivity index (χ0v) is 19.9. The number of rotatable bonds is 4. The van der Waals surface area contributed by atoms with E-state index in [-0.39, 0.29) is 35.3 Å². The van der Waals surface area contributed by atoms with Crippen molar-refractivity contribution in [1.82, 2.24) is 15.8 Å². The quantitative estimate of drug-likeness (QED) is 0.693. The molecule has 3 unspecified atom stereocenters. The summed E-state index contributed by atoms with van der Waals surface area (Å²) in [5.41, 5.74) is 7.96. The standard InChI is InChI=1S/C26H30ClFN4O2/c27-21-7-3-4-8-24(21)31-11-13-32(14-12-31)26(34)20-15-17(9-10-22(20)28)16-23-18-5-1-2-6-19(18)25(33)30-29-23/h3-4,7-10,15,18-19,23,29H,1-2,5-6,11-14,16H2,(H,30,33). The molecule has 3 aliphatic rings. The number of hydrogen-bond donors (Lipinski definition) is 2. The first-order valence-electron chi connectivity index (χ1n) is 12.1. The Balaban J connectivity index is 1.26. The zero-order valence-electron chi connectivity index (χ0n) is 19.1. The molecule has 180 valence electrons. The highest BCUT2D eigenvalue weighted by atomic mass is 35.5. The van der Waals surface area contributed by atoms with Gasteiger partial charge in [-0.1, -0.05) is 42.6 Å². The van der Waals surface area contributed by atoms with E-state index in [1.165, 1.54) is 6.07 Å². The summed E-state index contributed by atoms with van der Waals surface area (Å²) in [6.07, 6.45) is 4.78. The van der Waals surface area contributed by atoms with Gasteiger partial charge in [-0.3, -0.25) is 15.0 Å². The van der Waals surface area contributed by atoms with Crippen LogP contribution in [0, 0.1) is 17.7 Å². The molecule has 6 nitrogen and oxygen atoms in total. The molecule has 3 fully saturated rings. The number of para-hydroxylation sites is 1. The van der Waals surface area contributed by atoms with Crippen molar-refractivity contribution in [2.24, 2.45) is 11.8 Å². The highest BCUT2D eigenvalue weighted by Gasteiger charge is 2.40. The van der Waals surface area contributed by atoms with Crippen molar-refractivity contribution >= 4 is 29.1 Å². The summed E-state index contributed by atoms with van der Waals surface area (Å²) < 4.78 is 14.7. The number of nitrogens with zero attached hydrogens (tertiary/aromatic N) is 2. The second-order valence-electron chi connectivity index (χ2n) is 9.54. The third-order valence-corrected chi connectivity index (χ3v) is 7.85. The van der Waals surface area contributed by atoms with E-state index in [0.717, 1.165) is 36.9 Å². The van der Waals surface area contributed by atoms with Gasteiger partial charge in [0.1, 0.15) is 5.82 Å². The van der Waals surface area contributed by atoms with Crippen LogP contribution < -0.4 is 15.8 Å². The number of piperazine rings is 1. The topological polar surface area (TPSA) is 64.7 Å². The van der Waals surface area contributed by atoms with E-state index in [1.807, 2.05) is 24.3 Å². The largest absolute Gasteiger partial charge is 0.367 e. The number of carbonyl (C=O) groups is 2. The lowest BCUT2D eigenvalue weighted by Crippen LogP contribution is -2.60. The molecule has 2 aromatic rings. The number of fused-ring (bicyclic) bond motifs is 1. The molecule has 2 heterocycles. The van der Waals surface area contributed by atoms with Crippen molar-refractivity contribution in [3.63, 3.8) is 0 Å². The van der Waals surface area contributed by atoms with Crippen LogP contribution in [-0.2, 0) is 11.2 Å². The molecular weight excluding hydrogens is 455 g/mol. The van der Waals surface area contributed by atoms with Crippen molar-refractivity contribution in [2.75, 3.05) is 31.1 Å². The van der Waals surface area contributed by atoms with Crippen LogP contribution in [0.3, 0.4) is 0 Å². The summed E-state index contributed by atoms with van der Waals surface area (Å²) in [4.78, 5) is 29.3. The Bertz CT molecular complexity index is 1070. The molecule has 1 saturated carbocycles. The molecule has 2 amide bonds. The maximum absolute atomic E-state index is 14.7. The van der Waals surface area contributed by atoms with Crippen LogP contribution in [0.2, 0.25) is 5.02 Å². The SMILES string of the molecule is O=C1NNC(Cc2ccc(F)c(C(=O)N3CCN(c4ccccc4Cl)CC3)c2)C2CCCCC12. The fourth-order valence-corrected chi connectivity index (χ4v) is 5.93. The number of hydrogen-bond acceptors (Lipinski definition) is 4. The summed E-state index contributed by atoms with van der Waals surface area (Å²) in [5, 5.41) is 0.689. The maximum Gasteiger partial charge on any atom is 0.256 e. The number of amides is 2. The van der Waals surface area contributed by atoms with E-state index in [0.29, 0.717) is 37.6 Å². The first-order chi connectivity index (χ1) is 16.5. The summed E-state index contributed by atoms with van der Waals surface area (Å²) in [7, 11) is 0. The minimum Gasteiger partial charge on any atom is -0.367 e. The Morgan fingerprint density at radius 2 is 1.82 bits per heavy atom. The lowest BCUT2D eigenvalue weighted by molar-refractivity contribution is -0.133. The van der Waals surface area contributed by atoms with Gasteiger partial charge in [0.2, 0.25) is 5.91 Å². The second kappa shape index (κ2) is 9.92. The van der Waals surface area contributed by atoms with Crippen LogP contribution in [-0.4, -0.2) is 48.9 Å². The first-order valence-corrected chi connectivity index (χ1v) is 12.5. The molecule has 8 heteroatoms. The van der Waals surface area contributed by atoms with Gasteiger partial charge in [-0.05, 0) is 55.0 Å². The lowest BCUT2D eigenvalue weighted by atomic mass is 9.72. The second-order valence-corrected chi connectivity index (χ2v) is 9.95. The van der Waals surface area contributed by atoms with Crippen LogP contribution in [0.15, 0.2) is 42.5 Å². The fourth-order valence-electron chi connectivity index (χ4n) is 5.68. The first kappa shape index (κ1) is 23.1. The molecule has 2 saturated heterocycles. The Morgan fingerprint density at radius 1 is 1.06 bits per heavy atom. The van der Waals surface area contributed by atoms with E-state index >= 15 is 0 Å². The molecule has 0 spiro atoms. The predicted molar refractivity (Wildman–Crippen MR) is 130 cm³/mol. The van der Waals surface area contributed by atoms with E-state index in [2.05, 4.69) is 15.8 Å². The number of halogens is 2. The Hall–Kier alpha value is -2.64. The number of carbonyl (C=O) groups excluding carboxylic acids is 2. The molecule has 0 bridgehead atoms. The highest BCUT2D eigenvalue weighted by Crippen LogP contribution is 2.35. The van der Waals surface area contributed by atoms with Crippen LogP contribution in [0.4, 0.5) is 10.1 Å². The minimum absolute atomic E-state index is 0.0379. The molecule has 0 radical (unpaired) electrons. The van der Waals surface area contributed by atoms with Crippen molar-refractivity contribution in [3.05, 3.63) is 64.4 Å². The molecular formula is C26H30ClFN4O2. The lowest BCUT2D eigenvalue weighted by Gasteiger charge is -2.41. The molecule has 5 rings (SSSR count). The highest BCUT2D eigenvalue weighted by molar-refractivity contribution is 6.33. The molecule has 0 aromatic heterocycles. The molecule has 34 heavy (non-hydrogen) atoms. The van der Waals surface area contributed by atoms with Crippen molar-refractivity contribution in [1.29, 1.82) is 0 Å². The van der Waals surface area contributed by atoms with Gasteiger partial charge in [-0.15, -0.1) is 0 Å². The third kappa shape index (κ3) is 4.64. The van der Waals surface area contributed by atoms with Gasteiger partial charge in [0.25, 0.3) is 5.91 Å². The monoisotopic (exact) mass is 484 g/mol. The summed E-state index contributed by atoms with van der Waals surface area (Å²) in [6.45, 7) is 2.30.